The lowest BCUT2D eigenvalue weighted by atomic mass is 9.95. The molecule has 3 aromatic heterocycles. The van der Waals surface area contributed by atoms with Crippen LogP contribution in [0.25, 0.3) is 82.5 Å². The zero-order chi connectivity index (χ0) is 37.5. The van der Waals surface area contributed by atoms with E-state index in [0.717, 1.165) is 83.2 Å². The molecule has 2 atom stereocenters. The number of furan rings is 2. The molecule has 0 spiro atoms. The van der Waals surface area contributed by atoms with Crippen LogP contribution in [0.5, 0.6) is 0 Å². The number of rotatable bonds is 5. The number of nitrogens with one attached hydrogen (secondary N) is 2. The molecule has 8 aromatic carbocycles. The molecule has 0 saturated carbocycles. The maximum atomic E-state index is 6.61. The average molecular weight is 735 g/mol. The fraction of sp³-hybridized carbons (Fsp3) is 0.0392. The number of hydrogen-bond acceptors (Lipinski definition) is 5. The number of hydrogen-bond donors (Lipinski definition) is 2. The topological polar surface area (TPSA) is 67.6 Å². The first-order valence-electron chi connectivity index (χ1n) is 19.4. The second-order valence-corrected chi connectivity index (χ2v) is 14.8. The van der Waals surface area contributed by atoms with Crippen molar-refractivity contribution >= 4 is 71.5 Å². The Morgan fingerprint density at radius 1 is 0.474 bits per heavy atom. The molecule has 0 aliphatic carbocycles. The molecule has 0 saturated heterocycles. The minimum atomic E-state index is -0.246. The van der Waals surface area contributed by atoms with Crippen molar-refractivity contribution in [2.24, 2.45) is 4.99 Å². The molecule has 1 aliphatic heterocycles. The number of para-hydroxylation sites is 2. The Bertz CT molecular complexity index is 3320. The molecule has 2 unspecified atom stereocenters. The van der Waals surface area contributed by atoms with Gasteiger partial charge in [-0.05, 0) is 65.2 Å². The summed E-state index contributed by atoms with van der Waals surface area (Å²) in [6.45, 7) is 0. The summed E-state index contributed by atoms with van der Waals surface area (Å²) in [5.74, 6) is 0.844. The Balaban J connectivity index is 0.992. The molecular formula is C51H34N4O2. The number of benzene rings is 8. The van der Waals surface area contributed by atoms with E-state index in [-0.39, 0.29) is 12.3 Å². The third-order valence-electron chi connectivity index (χ3n) is 11.5. The van der Waals surface area contributed by atoms with Gasteiger partial charge in [0, 0.05) is 55.2 Å². The molecule has 0 radical (unpaired) electrons. The van der Waals surface area contributed by atoms with Crippen molar-refractivity contribution in [3.63, 3.8) is 0 Å². The predicted molar refractivity (Wildman–Crippen MR) is 232 cm³/mol. The summed E-state index contributed by atoms with van der Waals surface area (Å²) in [5.41, 5.74) is 12.2. The van der Waals surface area contributed by atoms with E-state index in [0.29, 0.717) is 0 Å². The minimum Gasteiger partial charge on any atom is -0.456 e. The second-order valence-electron chi connectivity index (χ2n) is 14.8. The highest BCUT2D eigenvalue weighted by molar-refractivity contribution is 6.16. The third-order valence-corrected chi connectivity index (χ3v) is 11.5. The number of aromatic nitrogens is 1. The Morgan fingerprint density at radius 3 is 1.95 bits per heavy atom. The first-order valence-corrected chi connectivity index (χ1v) is 19.4. The van der Waals surface area contributed by atoms with Gasteiger partial charge in [-0.25, -0.2) is 4.99 Å². The standard InChI is InChI=1S/C51H34N4O2/c1-3-13-31(14-4-1)49-52-50(32-15-5-2-6-16-32)54-51(53-49)39-20-12-24-45-48(39)47-35(19-11-23-44(47)57-45)33-25-28-43-40(29-33)38-27-26-34(30-46(38)56-43)55-41-21-9-7-17-36(41)37-18-8-10-22-42(37)55/h1-30,49,51,53H,(H,52,54). The van der Waals surface area contributed by atoms with Crippen molar-refractivity contribution < 1.29 is 8.83 Å². The monoisotopic (exact) mass is 734 g/mol. The fourth-order valence-electron chi connectivity index (χ4n) is 8.91. The Hall–Kier alpha value is -7.41. The molecule has 0 bridgehead atoms. The highest BCUT2D eigenvalue weighted by Gasteiger charge is 2.28. The van der Waals surface area contributed by atoms with Gasteiger partial charge in [0.1, 0.15) is 40.5 Å². The van der Waals surface area contributed by atoms with Crippen LogP contribution < -0.4 is 10.6 Å². The van der Waals surface area contributed by atoms with E-state index in [9.17, 15) is 0 Å². The first-order chi connectivity index (χ1) is 28.2. The molecule has 6 heteroatoms. The summed E-state index contributed by atoms with van der Waals surface area (Å²) in [4.78, 5) is 5.15. The number of amidine groups is 1. The molecule has 1 aliphatic rings. The largest absolute Gasteiger partial charge is 0.456 e. The molecule has 0 fully saturated rings. The van der Waals surface area contributed by atoms with Gasteiger partial charge in [0.15, 0.2) is 0 Å². The van der Waals surface area contributed by atoms with Crippen LogP contribution in [0.15, 0.2) is 196 Å². The van der Waals surface area contributed by atoms with E-state index < -0.39 is 0 Å². The zero-order valence-corrected chi connectivity index (χ0v) is 30.7. The highest BCUT2D eigenvalue weighted by atomic mass is 16.3. The summed E-state index contributed by atoms with van der Waals surface area (Å²) in [6.07, 6.45) is -0.489. The predicted octanol–water partition coefficient (Wildman–Crippen LogP) is 12.6. The maximum Gasteiger partial charge on any atom is 0.137 e. The van der Waals surface area contributed by atoms with E-state index in [4.69, 9.17) is 13.8 Å². The molecule has 2 N–H and O–H groups in total. The van der Waals surface area contributed by atoms with E-state index in [2.05, 4.69) is 185 Å². The fourth-order valence-corrected chi connectivity index (χ4v) is 8.91. The molecule has 270 valence electrons. The molecular weight excluding hydrogens is 701 g/mol. The van der Waals surface area contributed by atoms with Crippen molar-refractivity contribution in [1.29, 1.82) is 0 Å². The van der Waals surface area contributed by atoms with Gasteiger partial charge < -0.3 is 18.7 Å². The van der Waals surface area contributed by atoms with Gasteiger partial charge in [-0.3, -0.25) is 5.32 Å². The Morgan fingerprint density at radius 2 is 1.16 bits per heavy atom. The van der Waals surface area contributed by atoms with Gasteiger partial charge >= 0.3 is 0 Å². The first kappa shape index (κ1) is 31.9. The SMILES string of the molecule is c1ccc(C2=NC(c3ccccc3)NC(c3cccc4oc5cccc(-c6ccc7oc8cc(-n9c%10ccccc%10c%10ccccc%109)ccc8c7c6)c5c34)N2)cc1. The van der Waals surface area contributed by atoms with Crippen molar-refractivity contribution in [3.05, 3.63) is 199 Å². The summed E-state index contributed by atoms with van der Waals surface area (Å²) < 4.78 is 15.5. The summed E-state index contributed by atoms with van der Waals surface area (Å²) >= 11 is 0. The van der Waals surface area contributed by atoms with Crippen molar-refractivity contribution in [1.82, 2.24) is 15.2 Å². The van der Waals surface area contributed by atoms with Crippen LogP contribution >= 0.6 is 0 Å². The van der Waals surface area contributed by atoms with Crippen LogP contribution in [0, 0.1) is 0 Å². The summed E-state index contributed by atoms with van der Waals surface area (Å²) in [7, 11) is 0. The third kappa shape index (κ3) is 5.04. The van der Waals surface area contributed by atoms with Crippen LogP contribution in [-0.4, -0.2) is 10.4 Å². The van der Waals surface area contributed by atoms with E-state index in [1.807, 2.05) is 12.1 Å². The van der Waals surface area contributed by atoms with Gasteiger partial charge in [0.25, 0.3) is 0 Å². The maximum absolute atomic E-state index is 6.61. The van der Waals surface area contributed by atoms with E-state index >= 15 is 0 Å². The molecule has 6 nitrogen and oxygen atoms in total. The lowest BCUT2D eigenvalue weighted by molar-refractivity contribution is 0.411. The van der Waals surface area contributed by atoms with Crippen LogP contribution in [0.4, 0.5) is 0 Å². The summed E-state index contributed by atoms with van der Waals surface area (Å²) in [5, 5.41) is 14.3. The van der Waals surface area contributed by atoms with Gasteiger partial charge in [0.2, 0.25) is 0 Å². The second kappa shape index (κ2) is 12.6. The smallest absolute Gasteiger partial charge is 0.137 e. The Labute approximate surface area is 327 Å². The van der Waals surface area contributed by atoms with Crippen molar-refractivity contribution in [3.8, 4) is 16.8 Å². The molecule has 0 amide bonds. The van der Waals surface area contributed by atoms with E-state index in [1.165, 1.54) is 21.8 Å². The summed E-state index contributed by atoms with van der Waals surface area (Å²) in [6, 6.07) is 63.7. The Kier molecular flexibility index (Phi) is 7.03. The van der Waals surface area contributed by atoms with Crippen LogP contribution in [0.3, 0.4) is 0 Å². The van der Waals surface area contributed by atoms with E-state index in [1.54, 1.807) is 0 Å². The van der Waals surface area contributed by atoms with Gasteiger partial charge in [-0.2, -0.15) is 0 Å². The highest BCUT2D eigenvalue weighted by Crippen LogP contribution is 2.42. The van der Waals surface area contributed by atoms with Crippen molar-refractivity contribution in [2.45, 2.75) is 12.3 Å². The molecule has 11 aromatic rings. The quantitative estimate of drug-likeness (QED) is 0.185. The minimum absolute atomic E-state index is 0.243. The lowest BCUT2D eigenvalue weighted by Crippen LogP contribution is -2.45. The number of nitrogens with zero attached hydrogens (tertiary/aromatic N) is 2. The molecule has 4 heterocycles. The van der Waals surface area contributed by atoms with Gasteiger partial charge in [-0.1, -0.05) is 127 Å². The average Bonchev–Trinajstić information content (AvgIpc) is 3.96. The number of aliphatic imine (C=N–C) groups is 1. The normalized spacial score (nSPS) is 15.9. The van der Waals surface area contributed by atoms with Gasteiger partial charge in [0.05, 0.1) is 11.0 Å². The lowest BCUT2D eigenvalue weighted by Gasteiger charge is -2.32. The van der Waals surface area contributed by atoms with Gasteiger partial charge in [-0.15, -0.1) is 0 Å². The van der Waals surface area contributed by atoms with Crippen molar-refractivity contribution in [2.75, 3.05) is 0 Å². The zero-order valence-electron chi connectivity index (χ0n) is 30.7. The van der Waals surface area contributed by atoms with Crippen LogP contribution in [0.1, 0.15) is 29.0 Å². The van der Waals surface area contributed by atoms with Crippen LogP contribution in [-0.2, 0) is 0 Å². The molecule has 12 rings (SSSR count). The number of fused-ring (bicyclic) bond motifs is 9. The molecule has 57 heavy (non-hydrogen) atoms. The van der Waals surface area contributed by atoms with Crippen LogP contribution in [0.2, 0.25) is 0 Å².